The molecule has 1 N–H and O–H groups in total. The van der Waals surface area contributed by atoms with E-state index in [0.29, 0.717) is 12.8 Å². The quantitative estimate of drug-likeness (QED) is 0.800. The number of hydrogen-bond donors (Lipinski definition) is 1. The fraction of sp³-hybridized carbons (Fsp3) is 0.938. The van der Waals surface area contributed by atoms with Crippen LogP contribution in [0.15, 0.2) is 0 Å². The minimum atomic E-state index is -0.966. The van der Waals surface area contributed by atoms with Crippen LogP contribution in [0.1, 0.15) is 60.8 Å². The van der Waals surface area contributed by atoms with E-state index in [4.69, 9.17) is 4.74 Å². The van der Waals surface area contributed by atoms with E-state index in [0.717, 1.165) is 6.42 Å². The third-order valence-corrected chi connectivity index (χ3v) is 4.23. The Hall–Kier alpha value is -0.570. The molecule has 0 aromatic heterocycles. The monoisotopic (exact) mass is 270 g/mol. The molecule has 0 radical (unpaired) electrons. The highest BCUT2D eigenvalue weighted by Gasteiger charge is 2.53. The maximum Gasteiger partial charge on any atom is 0.311 e. The highest BCUT2D eigenvalue weighted by atomic mass is 16.5. The van der Waals surface area contributed by atoms with Crippen molar-refractivity contribution in [2.24, 2.45) is 22.7 Å². The van der Waals surface area contributed by atoms with Crippen molar-refractivity contribution in [1.82, 2.24) is 0 Å². The molecule has 0 aromatic carbocycles. The topological polar surface area (TPSA) is 46.5 Å². The van der Waals surface area contributed by atoms with Crippen LogP contribution < -0.4 is 0 Å². The number of esters is 1. The lowest BCUT2D eigenvalue weighted by molar-refractivity contribution is -0.174. The standard InChI is InChI=1S/C16H30O3/c1-11(2)12(13(17)19-7)16(18)9-14(3,4)8-15(5,6)10-16/h11-12,18H,8-10H2,1-7H3. The van der Waals surface area contributed by atoms with E-state index in [1.54, 1.807) is 0 Å². The Morgan fingerprint density at radius 2 is 1.47 bits per heavy atom. The molecule has 19 heavy (non-hydrogen) atoms. The Labute approximate surface area is 117 Å². The van der Waals surface area contributed by atoms with Crippen molar-refractivity contribution in [1.29, 1.82) is 0 Å². The number of aliphatic hydroxyl groups is 1. The van der Waals surface area contributed by atoms with Gasteiger partial charge in [-0.05, 0) is 36.0 Å². The predicted molar refractivity (Wildman–Crippen MR) is 76.7 cm³/mol. The van der Waals surface area contributed by atoms with Crippen molar-refractivity contribution in [2.75, 3.05) is 7.11 Å². The molecule has 3 heteroatoms. The van der Waals surface area contributed by atoms with E-state index >= 15 is 0 Å². The van der Waals surface area contributed by atoms with Crippen molar-refractivity contribution >= 4 is 5.97 Å². The summed E-state index contributed by atoms with van der Waals surface area (Å²) in [4.78, 5) is 12.1. The van der Waals surface area contributed by atoms with Gasteiger partial charge in [0, 0.05) is 0 Å². The smallest absolute Gasteiger partial charge is 0.311 e. The van der Waals surface area contributed by atoms with Gasteiger partial charge in [-0.3, -0.25) is 4.79 Å². The van der Waals surface area contributed by atoms with Crippen molar-refractivity contribution < 1.29 is 14.6 Å². The molecular weight excluding hydrogens is 240 g/mol. The predicted octanol–water partition coefficient (Wildman–Crippen LogP) is 3.40. The molecule has 1 aliphatic rings. The van der Waals surface area contributed by atoms with Crippen molar-refractivity contribution in [3.8, 4) is 0 Å². The number of methoxy groups -OCH3 is 1. The normalized spacial score (nSPS) is 25.9. The Kier molecular flexibility index (Phi) is 4.41. The zero-order valence-electron chi connectivity index (χ0n) is 13.5. The first-order chi connectivity index (χ1) is 8.42. The zero-order chi connectivity index (χ0) is 15.1. The molecule has 1 fully saturated rings. The molecular formula is C16H30O3. The Morgan fingerprint density at radius 1 is 1.05 bits per heavy atom. The summed E-state index contributed by atoms with van der Waals surface area (Å²) in [6, 6.07) is 0. The van der Waals surface area contributed by atoms with E-state index in [9.17, 15) is 9.90 Å². The summed E-state index contributed by atoms with van der Waals surface area (Å²) in [5, 5.41) is 11.2. The summed E-state index contributed by atoms with van der Waals surface area (Å²) >= 11 is 0. The second-order valence-corrected chi connectivity index (χ2v) is 8.21. The lowest BCUT2D eigenvalue weighted by atomic mass is 9.55. The van der Waals surface area contributed by atoms with Gasteiger partial charge in [-0.2, -0.15) is 0 Å². The molecule has 0 aliphatic heterocycles. The van der Waals surface area contributed by atoms with Crippen molar-refractivity contribution in [3.63, 3.8) is 0 Å². The highest BCUT2D eigenvalue weighted by Crippen LogP contribution is 2.53. The number of carbonyl (C=O) groups excluding carboxylic acids is 1. The summed E-state index contributed by atoms with van der Waals surface area (Å²) < 4.78 is 4.93. The van der Waals surface area contributed by atoms with E-state index in [2.05, 4.69) is 27.7 Å². The van der Waals surface area contributed by atoms with Crippen LogP contribution in [-0.4, -0.2) is 23.8 Å². The maximum absolute atomic E-state index is 12.1. The van der Waals surface area contributed by atoms with Crippen molar-refractivity contribution in [2.45, 2.75) is 66.4 Å². The largest absolute Gasteiger partial charge is 0.469 e. The summed E-state index contributed by atoms with van der Waals surface area (Å²) in [7, 11) is 1.40. The van der Waals surface area contributed by atoms with E-state index in [1.165, 1.54) is 7.11 Å². The molecule has 0 aromatic rings. The molecule has 0 saturated heterocycles. The molecule has 1 unspecified atom stereocenters. The van der Waals surface area contributed by atoms with Gasteiger partial charge in [0.25, 0.3) is 0 Å². The lowest BCUT2D eigenvalue weighted by Crippen LogP contribution is -2.54. The Bertz CT molecular complexity index is 326. The van der Waals surface area contributed by atoms with Crippen LogP contribution in [-0.2, 0) is 9.53 Å². The van der Waals surface area contributed by atoms with Crippen LogP contribution in [0.4, 0.5) is 0 Å². The van der Waals surface area contributed by atoms with Gasteiger partial charge in [0.2, 0.25) is 0 Å². The number of carbonyl (C=O) groups is 1. The van der Waals surface area contributed by atoms with Crippen LogP contribution in [0.2, 0.25) is 0 Å². The van der Waals surface area contributed by atoms with E-state index in [1.807, 2.05) is 13.8 Å². The average Bonchev–Trinajstić information content (AvgIpc) is 2.09. The molecule has 0 amide bonds. The van der Waals surface area contributed by atoms with Gasteiger partial charge in [-0.15, -0.1) is 0 Å². The second-order valence-electron chi connectivity index (χ2n) is 8.21. The third kappa shape index (κ3) is 3.71. The van der Waals surface area contributed by atoms with Crippen LogP contribution >= 0.6 is 0 Å². The van der Waals surface area contributed by atoms with Crippen LogP contribution in [0.5, 0.6) is 0 Å². The summed E-state index contributed by atoms with van der Waals surface area (Å²) in [6.45, 7) is 12.7. The fourth-order valence-electron chi connectivity index (χ4n) is 4.60. The highest BCUT2D eigenvalue weighted by molar-refractivity contribution is 5.74. The molecule has 1 aliphatic carbocycles. The van der Waals surface area contributed by atoms with Gasteiger partial charge in [-0.25, -0.2) is 0 Å². The number of hydrogen-bond acceptors (Lipinski definition) is 3. The van der Waals surface area contributed by atoms with Crippen LogP contribution in [0, 0.1) is 22.7 Å². The molecule has 112 valence electrons. The zero-order valence-corrected chi connectivity index (χ0v) is 13.5. The molecule has 3 nitrogen and oxygen atoms in total. The molecule has 0 spiro atoms. The summed E-state index contributed by atoms with van der Waals surface area (Å²) in [5.74, 6) is -0.663. The molecule has 0 bridgehead atoms. The Morgan fingerprint density at radius 3 is 1.79 bits per heavy atom. The van der Waals surface area contributed by atoms with Gasteiger partial charge >= 0.3 is 5.97 Å². The lowest BCUT2D eigenvalue weighted by Gasteiger charge is -2.52. The van der Waals surface area contributed by atoms with Crippen LogP contribution in [0.3, 0.4) is 0 Å². The SMILES string of the molecule is COC(=O)C(C(C)C)C1(O)CC(C)(C)CC(C)(C)C1. The van der Waals surface area contributed by atoms with E-state index in [-0.39, 0.29) is 22.7 Å². The second kappa shape index (κ2) is 5.08. The minimum Gasteiger partial charge on any atom is -0.469 e. The fourth-order valence-corrected chi connectivity index (χ4v) is 4.60. The Balaban J connectivity index is 3.15. The maximum atomic E-state index is 12.1. The third-order valence-electron chi connectivity index (χ3n) is 4.23. The molecule has 1 rings (SSSR count). The van der Waals surface area contributed by atoms with Crippen molar-refractivity contribution in [3.05, 3.63) is 0 Å². The van der Waals surface area contributed by atoms with Gasteiger partial charge in [-0.1, -0.05) is 41.5 Å². The van der Waals surface area contributed by atoms with E-state index < -0.39 is 11.5 Å². The number of rotatable bonds is 3. The minimum absolute atomic E-state index is 0.0393. The summed E-state index contributed by atoms with van der Waals surface area (Å²) in [6.07, 6.45) is 2.37. The molecule has 0 heterocycles. The van der Waals surface area contributed by atoms with Gasteiger partial charge in [0.15, 0.2) is 0 Å². The molecule has 1 atom stereocenters. The summed E-state index contributed by atoms with van der Waals surface area (Å²) in [5.41, 5.74) is -0.887. The first kappa shape index (κ1) is 16.5. The first-order valence-electron chi connectivity index (χ1n) is 7.23. The molecule has 1 saturated carbocycles. The van der Waals surface area contributed by atoms with Gasteiger partial charge in [0.05, 0.1) is 18.6 Å². The number of ether oxygens (including phenoxy) is 1. The van der Waals surface area contributed by atoms with Gasteiger partial charge < -0.3 is 9.84 Å². The van der Waals surface area contributed by atoms with Crippen LogP contribution in [0.25, 0.3) is 0 Å². The van der Waals surface area contributed by atoms with Gasteiger partial charge in [0.1, 0.15) is 0 Å². The average molecular weight is 270 g/mol. The first-order valence-corrected chi connectivity index (χ1v) is 7.23.